The van der Waals surface area contributed by atoms with Crippen LogP contribution in [0.4, 0.5) is 4.79 Å². The zero-order chi connectivity index (χ0) is 23.2. The van der Waals surface area contributed by atoms with Crippen LogP contribution in [0, 0.1) is 6.92 Å². The molecule has 1 saturated heterocycles. The van der Waals surface area contributed by atoms with Crippen molar-refractivity contribution >= 4 is 40.6 Å². The normalized spacial score (nSPS) is 14.7. The number of amides is 2. The number of carbonyl (C=O) groups excluding carboxylic acids is 2. The topological polar surface area (TPSA) is 55.8 Å². The molecular weight excluding hydrogens is 458 g/mol. The van der Waals surface area contributed by atoms with Gasteiger partial charge >= 0.3 is 0 Å². The third-order valence-electron chi connectivity index (χ3n) is 4.95. The molecule has 7 heteroatoms. The molecule has 0 aromatic heterocycles. The molecule has 3 aromatic rings. The van der Waals surface area contributed by atoms with Gasteiger partial charge in [-0.25, -0.2) is 0 Å². The molecule has 0 bridgehead atoms. The smallest absolute Gasteiger partial charge is 0.293 e. The maximum Gasteiger partial charge on any atom is 0.293 e. The summed E-state index contributed by atoms with van der Waals surface area (Å²) in [6, 6.07) is 22.5. The summed E-state index contributed by atoms with van der Waals surface area (Å²) in [7, 11) is 0. The van der Waals surface area contributed by atoms with E-state index in [1.54, 1.807) is 30.3 Å². The van der Waals surface area contributed by atoms with E-state index in [1.807, 2.05) is 55.5 Å². The second-order valence-corrected chi connectivity index (χ2v) is 8.91. The van der Waals surface area contributed by atoms with E-state index in [2.05, 4.69) is 0 Å². The third-order valence-corrected chi connectivity index (χ3v) is 6.11. The van der Waals surface area contributed by atoms with Crippen LogP contribution in [0.5, 0.6) is 11.5 Å². The molecule has 1 aliphatic rings. The van der Waals surface area contributed by atoms with Crippen LogP contribution < -0.4 is 9.47 Å². The first kappa shape index (κ1) is 23.0. The van der Waals surface area contributed by atoms with E-state index < -0.39 is 0 Å². The Hall–Kier alpha value is -3.22. The second-order valence-electron chi connectivity index (χ2n) is 7.48. The summed E-state index contributed by atoms with van der Waals surface area (Å²) in [5.41, 5.74) is 3.07. The van der Waals surface area contributed by atoms with Crippen LogP contribution in [0.2, 0.25) is 5.02 Å². The van der Waals surface area contributed by atoms with Gasteiger partial charge in [-0.05, 0) is 72.3 Å². The number of nitrogens with zero attached hydrogens (tertiary/aromatic N) is 1. The average molecular weight is 480 g/mol. The molecule has 3 aromatic carbocycles. The monoisotopic (exact) mass is 479 g/mol. The summed E-state index contributed by atoms with van der Waals surface area (Å²) in [6.07, 6.45) is 1.71. The molecule has 0 radical (unpaired) electrons. The van der Waals surface area contributed by atoms with Crippen LogP contribution in [0.25, 0.3) is 6.08 Å². The van der Waals surface area contributed by atoms with Gasteiger partial charge in [0, 0.05) is 5.02 Å². The van der Waals surface area contributed by atoms with E-state index in [0.717, 1.165) is 22.9 Å². The lowest BCUT2D eigenvalue weighted by Crippen LogP contribution is -2.32. The number of thioether (sulfide) groups is 1. The van der Waals surface area contributed by atoms with Gasteiger partial charge < -0.3 is 9.47 Å². The second kappa shape index (κ2) is 10.6. The highest BCUT2D eigenvalue weighted by Crippen LogP contribution is 2.32. The number of carbonyl (C=O) groups is 2. The Labute approximate surface area is 202 Å². The van der Waals surface area contributed by atoms with E-state index >= 15 is 0 Å². The minimum absolute atomic E-state index is 0.171. The van der Waals surface area contributed by atoms with Gasteiger partial charge in [-0.1, -0.05) is 53.6 Å². The Bertz CT molecular complexity index is 1180. The SMILES string of the molecule is Cc1ccc(COc2cccc(/C=C3\SC(=O)N(CCOc4ccc(Cl)cc4)C3=O)c2)cc1. The van der Waals surface area contributed by atoms with Gasteiger partial charge in [-0.2, -0.15) is 0 Å². The summed E-state index contributed by atoms with van der Waals surface area (Å²) in [5, 5.41) is 0.306. The van der Waals surface area contributed by atoms with Crippen molar-refractivity contribution in [2.24, 2.45) is 0 Å². The van der Waals surface area contributed by atoms with Crippen LogP contribution >= 0.6 is 23.4 Å². The Kier molecular flexibility index (Phi) is 7.37. The summed E-state index contributed by atoms with van der Waals surface area (Å²) >= 11 is 6.79. The number of hydrogen-bond acceptors (Lipinski definition) is 5. The minimum Gasteiger partial charge on any atom is -0.492 e. The molecular formula is C26H22ClNO4S. The zero-order valence-electron chi connectivity index (χ0n) is 18.0. The average Bonchev–Trinajstić information content (AvgIpc) is 3.07. The number of imide groups is 1. The summed E-state index contributed by atoms with van der Waals surface area (Å²) in [6.45, 7) is 2.87. The predicted molar refractivity (Wildman–Crippen MR) is 132 cm³/mol. The van der Waals surface area contributed by atoms with Crippen LogP contribution in [0.3, 0.4) is 0 Å². The Morgan fingerprint density at radius 2 is 1.70 bits per heavy atom. The van der Waals surface area contributed by atoms with Crippen molar-refractivity contribution < 1.29 is 19.1 Å². The van der Waals surface area contributed by atoms with Crippen molar-refractivity contribution in [3.63, 3.8) is 0 Å². The molecule has 0 aliphatic carbocycles. The predicted octanol–water partition coefficient (Wildman–Crippen LogP) is 6.34. The van der Waals surface area contributed by atoms with Crippen molar-refractivity contribution in [3.05, 3.63) is 99.4 Å². The lowest BCUT2D eigenvalue weighted by Gasteiger charge is -2.13. The van der Waals surface area contributed by atoms with Gasteiger partial charge in [0.1, 0.15) is 24.7 Å². The van der Waals surface area contributed by atoms with Gasteiger partial charge in [0.15, 0.2) is 0 Å². The van der Waals surface area contributed by atoms with Crippen molar-refractivity contribution in [1.29, 1.82) is 0 Å². The van der Waals surface area contributed by atoms with E-state index in [-0.39, 0.29) is 24.3 Å². The van der Waals surface area contributed by atoms with Crippen molar-refractivity contribution in [2.75, 3.05) is 13.2 Å². The molecule has 1 heterocycles. The molecule has 4 rings (SSSR count). The van der Waals surface area contributed by atoms with Gasteiger partial charge in [0.05, 0.1) is 11.4 Å². The largest absolute Gasteiger partial charge is 0.492 e. The van der Waals surface area contributed by atoms with Crippen LogP contribution in [0.1, 0.15) is 16.7 Å². The van der Waals surface area contributed by atoms with Crippen molar-refractivity contribution in [1.82, 2.24) is 4.90 Å². The van der Waals surface area contributed by atoms with Gasteiger partial charge in [-0.3, -0.25) is 14.5 Å². The number of ether oxygens (including phenoxy) is 2. The zero-order valence-corrected chi connectivity index (χ0v) is 19.6. The molecule has 33 heavy (non-hydrogen) atoms. The number of rotatable bonds is 8. The maximum atomic E-state index is 12.7. The molecule has 2 amide bonds. The number of benzene rings is 3. The van der Waals surface area contributed by atoms with Gasteiger partial charge in [0.25, 0.3) is 11.1 Å². The third kappa shape index (κ3) is 6.18. The van der Waals surface area contributed by atoms with E-state index in [4.69, 9.17) is 21.1 Å². The van der Waals surface area contributed by atoms with Crippen molar-refractivity contribution in [2.45, 2.75) is 13.5 Å². The van der Waals surface area contributed by atoms with Crippen LogP contribution in [-0.2, 0) is 11.4 Å². The minimum atomic E-state index is -0.323. The first-order valence-corrected chi connectivity index (χ1v) is 11.6. The van der Waals surface area contributed by atoms with Crippen LogP contribution in [-0.4, -0.2) is 29.2 Å². The Balaban J connectivity index is 1.35. The summed E-state index contributed by atoms with van der Waals surface area (Å²) in [4.78, 5) is 26.7. The lowest BCUT2D eigenvalue weighted by molar-refractivity contribution is -0.123. The lowest BCUT2D eigenvalue weighted by atomic mass is 10.1. The first-order chi connectivity index (χ1) is 16.0. The fourth-order valence-electron chi connectivity index (χ4n) is 3.17. The molecule has 0 spiro atoms. The molecule has 5 nitrogen and oxygen atoms in total. The molecule has 168 valence electrons. The summed E-state index contributed by atoms with van der Waals surface area (Å²) in [5.74, 6) is 1.000. The quantitative estimate of drug-likeness (QED) is 0.353. The molecule has 0 N–H and O–H groups in total. The fraction of sp³-hybridized carbons (Fsp3) is 0.154. The molecule has 1 aliphatic heterocycles. The Morgan fingerprint density at radius 1 is 0.939 bits per heavy atom. The standard InChI is InChI=1S/C26H22ClNO4S/c1-18-5-7-19(8-6-18)17-32-23-4-2-3-20(15-23)16-24-25(29)28(26(30)33-24)13-14-31-22-11-9-21(27)10-12-22/h2-12,15-16H,13-14,17H2,1H3/b24-16-. The highest BCUT2D eigenvalue weighted by molar-refractivity contribution is 8.18. The molecule has 0 atom stereocenters. The van der Waals surface area contributed by atoms with E-state index in [0.29, 0.717) is 28.0 Å². The summed E-state index contributed by atoms with van der Waals surface area (Å²) < 4.78 is 11.5. The molecule has 0 saturated carbocycles. The van der Waals surface area contributed by atoms with Gasteiger partial charge in [0.2, 0.25) is 0 Å². The van der Waals surface area contributed by atoms with Crippen molar-refractivity contribution in [3.8, 4) is 11.5 Å². The van der Waals surface area contributed by atoms with Crippen LogP contribution in [0.15, 0.2) is 77.7 Å². The molecule has 1 fully saturated rings. The number of aryl methyl sites for hydroxylation is 1. The molecule has 0 unspecified atom stereocenters. The number of hydrogen-bond donors (Lipinski definition) is 0. The Morgan fingerprint density at radius 3 is 2.45 bits per heavy atom. The number of halogens is 1. The van der Waals surface area contributed by atoms with E-state index in [1.165, 1.54) is 10.5 Å². The van der Waals surface area contributed by atoms with Gasteiger partial charge in [-0.15, -0.1) is 0 Å². The maximum absolute atomic E-state index is 12.7. The van der Waals surface area contributed by atoms with E-state index in [9.17, 15) is 9.59 Å². The highest BCUT2D eigenvalue weighted by Gasteiger charge is 2.34. The first-order valence-electron chi connectivity index (χ1n) is 10.4. The fourth-order valence-corrected chi connectivity index (χ4v) is 4.17. The highest BCUT2D eigenvalue weighted by atomic mass is 35.5.